The molecule has 3 aromatic rings. The van der Waals surface area contributed by atoms with Crippen LogP contribution in [0.2, 0.25) is 0 Å². The summed E-state index contributed by atoms with van der Waals surface area (Å²) in [6.45, 7) is 2.22. The van der Waals surface area contributed by atoms with Crippen LogP contribution in [0.5, 0.6) is 0 Å². The first-order valence-corrected chi connectivity index (χ1v) is 6.62. The Balaban J connectivity index is 1.84. The SMILES string of the molecule is Cc1ccc(CN(C)C(=O)c2cc3c(F)cccc3[nH]2)o1. The number of aryl methyl sites for hydroxylation is 1. The van der Waals surface area contributed by atoms with Crippen LogP contribution in [0.3, 0.4) is 0 Å². The minimum Gasteiger partial charge on any atom is -0.464 e. The quantitative estimate of drug-likeness (QED) is 0.801. The standard InChI is InChI=1S/C16H15FN2O2/c1-10-6-7-11(21-10)9-19(2)16(20)15-8-12-13(17)4-3-5-14(12)18-15/h3-8,18H,9H2,1-2H3. The molecule has 0 atom stereocenters. The van der Waals surface area contributed by atoms with Gasteiger partial charge in [-0.2, -0.15) is 0 Å². The summed E-state index contributed by atoms with van der Waals surface area (Å²) in [6, 6.07) is 9.95. The largest absolute Gasteiger partial charge is 0.464 e. The molecule has 1 aromatic carbocycles. The Morgan fingerprint density at radius 1 is 1.33 bits per heavy atom. The Bertz CT molecular complexity index is 804. The molecular weight excluding hydrogens is 271 g/mol. The van der Waals surface area contributed by atoms with Crippen molar-refractivity contribution in [3.05, 3.63) is 59.4 Å². The smallest absolute Gasteiger partial charge is 0.270 e. The molecule has 0 unspecified atom stereocenters. The van der Waals surface area contributed by atoms with Crippen LogP contribution in [0, 0.1) is 12.7 Å². The highest BCUT2D eigenvalue weighted by molar-refractivity contribution is 5.98. The van der Waals surface area contributed by atoms with E-state index in [2.05, 4.69) is 4.98 Å². The third-order valence-corrected chi connectivity index (χ3v) is 3.38. The molecule has 5 heteroatoms. The molecule has 0 aliphatic rings. The van der Waals surface area contributed by atoms with Gasteiger partial charge in [0.05, 0.1) is 6.54 Å². The van der Waals surface area contributed by atoms with E-state index < -0.39 is 0 Å². The van der Waals surface area contributed by atoms with Crippen molar-refractivity contribution in [2.24, 2.45) is 0 Å². The van der Waals surface area contributed by atoms with Crippen molar-refractivity contribution in [3.8, 4) is 0 Å². The molecule has 0 saturated heterocycles. The summed E-state index contributed by atoms with van der Waals surface area (Å²) in [4.78, 5) is 16.8. The molecule has 108 valence electrons. The van der Waals surface area contributed by atoms with Crippen molar-refractivity contribution in [1.29, 1.82) is 0 Å². The number of furan rings is 1. The lowest BCUT2D eigenvalue weighted by Gasteiger charge is -2.14. The summed E-state index contributed by atoms with van der Waals surface area (Å²) in [6.07, 6.45) is 0. The fourth-order valence-electron chi connectivity index (χ4n) is 2.31. The van der Waals surface area contributed by atoms with Crippen LogP contribution >= 0.6 is 0 Å². The van der Waals surface area contributed by atoms with Gasteiger partial charge in [0.1, 0.15) is 23.0 Å². The number of carbonyl (C=O) groups excluding carboxylic acids is 1. The molecule has 4 nitrogen and oxygen atoms in total. The number of hydrogen-bond acceptors (Lipinski definition) is 2. The number of amides is 1. The molecule has 2 aromatic heterocycles. The van der Waals surface area contributed by atoms with E-state index in [9.17, 15) is 9.18 Å². The molecule has 1 N–H and O–H groups in total. The van der Waals surface area contributed by atoms with Crippen LogP contribution in [-0.4, -0.2) is 22.8 Å². The minimum absolute atomic E-state index is 0.209. The number of hydrogen-bond donors (Lipinski definition) is 1. The maximum atomic E-state index is 13.7. The number of fused-ring (bicyclic) bond motifs is 1. The Morgan fingerprint density at radius 2 is 2.14 bits per heavy atom. The van der Waals surface area contributed by atoms with Crippen LogP contribution < -0.4 is 0 Å². The summed E-state index contributed by atoms with van der Waals surface area (Å²) >= 11 is 0. The van der Waals surface area contributed by atoms with Gasteiger partial charge in [0, 0.05) is 18.0 Å². The number of rotatable bonds is 3. The zero-order valence-electron chi connectivity index (χ0n) is 11.8. The normalized spacial score (nSPS) is 11.0. The molecule has 0 aliphatic heterocycles. The van der Waals surface area contributed by atoms with Crippen molar-refractivity contribution in [2.75, 3.05) is 7.05 Å². The second-order valence-electron chi connectivity index (χ2n) is 5.06. The van der Waals surface area contributed by atoms with Gasteiger partial charge < -0.3 is 14.3 Å². The fourth-order valence-corrected chi connectivity index (χ4v) is 2.31. The lowest BCUT2D eigenvalue weighted by molar-refractivity contribution is 0.0770. The number of aromatic nitrogens is 1. The van der Waals surface area contributed by atoms with Gasteiger partial charge in [-0.15, -0.1) is 0 Å². The second-order valence-corrected chi connectivity index (χ2v) is 5.06. The Labute approximate surface area is 121 Å². The number of nitrogens with one attached hydrogen (secondary N) is 1. The van der Waals surface area contributed by atoms with Crippen LogP contribution in [0.15, 0.2) is 40.8 Å². The first-order valence-electron chi connectivity index (χ1n) is 6.62. The highest BCUT2D eigenvalue weighted by atomic mass is 19.1. The van der Waals surface area contributed by atoms with Crippen molar-refractivity contribution < 1.29 is 13.6 Å². The number of aromatic amines is 1. The molecule has 3 rings (SSSR count). The van der Waals surface area contributed by atoms with Crippen LogP contribution in [-0.2, 0) is 6.54 Å². The number of benzene rings is 1. The van der Waals surface area contributed by atoms with Crippen molar-refractivity contribution in [2.45, 2.75) is 13.5 Å². The lowest BCUT2D eigenvalue weighted by Crippen LogP contribution is -2.26. The summed E-state index contributed by atoms with van der Waals surface area (Å²) < 4.78 is 19.1. The van der Waals surface area contributed by atoms with Gasteiger partial charge in [-0.25, -0.2) is 4.39 Å². The Hall–Kier alpha value is -2.56. The van der Waals surface area contributed by atoms with E-state index in [1.54, 1.807) is 19.2 Å². The summed E-state index contributed by atoms with van der Waals surface area (Å²) in [5.41, 5.74) is 0.974. The monoisotopic (exact) mass is 286 g/mol. The third-order valence-electron chi connectivity index (χ3n) is 3.38. The zero-order valence-corrected chi connectivity index (χ0v) is 11.8. The molecule has 0 saturated carbocycles. The fraction of sp³-hybridized carbons (Fsp3) is 0.188. The van der Waals surface area contributed by atoms with E-state index in [1.807, 2.05) is 19.1 Å². The van der Waals surface area contributed by atoms with Crippen molar-refractivity contribution in [3.63, 3.8) is 0 Å². The van der Waals surface area contributed by atoms with Crippen LogP contribution in [0.25, 0.3) is 10.9 Å². The second kappa shape index (κ2) is 5.09. The van der Waals surface area contributed by atoms with Gasteiger partial charge >= 0.3 is 0 Å². The molecule has 1 amide bonds. The minimum atomic E-state index is -0.341. The summed E-state index contributed by atoms with van der Waals surface area (Å²) in [5, 5.41) is 0.420. The maximum Gasteiger partial charge on any atom is 0.270 e. The van der Waals surface area contributed by atoms with E-state index in [0.717, 1.165) is 5.76 Å². The predicted molar refractivity (Wildman–Crippen MR) is 77.5 cm³/mol. The molecule has 0 aliphatic carbocycles. The maximum absolute atomic E-state index is 13.7. The lowest BCUT2D eigenvalue weighted by atomic mass is 10.2. The first kappa shape index (κ1) is 13.4. The molecule has 0 fully saturated rings. The van der Waals surface area contributed by atoms with Gasteiger partial charge in [0.25, 0.3) is 5.91 Å². The van der Waals surface area contributed by atoms with E-state index in [4.69, 9.17) is 4.42 Å². The molecule has 21 heavy (non-hydrogen) atoms. The molecule has 0 radical (unpaired) electrons. The van der Waals surface area contributed by atoms with Gasteiger partial charge in [-0.1, -0.05) is 6.07 Å². The Morgan fingerprint density at radius 3 is 2.81 bits per heavy atom. The third kappa shape index (κ3) is 2.54. The van der Waals surface area contributed by atoms with Gasteiger partial charge in [-0.05, 0) is 37.3 Å². The van der Waals surface area contributed by atoms with Crippen LogP contribution in [0.4, 0.5) is 4.39 Å². The number of H-pyrrole nitrogens is 1. The van der Waals surface area contributed by atoms with Gasteiger partial charge in [0.2, 0.25) is 0 Å². The average molecular weight is 286 g/mol. The van der Waals surface area contributed by atoms with E-state index in [0.29, 0.717) is 28.9 Å². The molecule has 0 spiro atoms. The first-order chi connectivity index (χ1) is 10.0. The van der Waals surface area contributed by atoms with Crippen molar-refractivity contribution in [1.82, 2.24) is 9.88 Å². The van der Waals surface area contributed by atoms with Gasteiger partial charge in [-0.3, -0.25) is 4.79 Å². The summed E-state index contributed by atoms with van der Waals surface area (Å²) in [5.74, 6) is 0.968. The average Bonchev–Trinajstić information content (AvgIpc) is 3.05. The number of carbonyl (C=O) groups is 1. The molecule has 0 bridgehead atoms. The number of halogens is 1. The zero-order chi connectivity index (χ0) is 15.0. The molecular formula is C16H15FN2O2. The van der Waals surface area contributed by atoms with E-state index in [1.165, 1.54) is 17.0 Å². The number of nitrogens with zero attached hydrogens (tertiary/aromatic N) is 1. The Kier molecular flexibility index (Phi) is 3.25. The molecule has 2 heterocycles. The highest BCUT2D eigenvalue weighted by Gasteiger charge is 2.16. The van der Waals surface area contributed by atoms with Crippen LogP contribution in [0.1, 0.15) is 22.0 Å². The summed E-state index contributed by atoms with van der Waals surface area (Å²) in [7, 11) is 1.68. The van der Waals surface area contributed by atoms with E-state index >= 15 is 0 Å². The van der Waals surface area contributed by atoms with Crippen molar-refractivity contribution >= 4 is 16.8 Å². The predicted octanol–water partition coefficient (Wildman–Crippen LogP) is 3.48. The highest BCUT2D eigenvalue weighted by Crippen LogP contribution is 2.20. The van der Waals surface area contributed by atoms with E-state index in [-0.39, 0.29) is 11.7 Å². The van der Waals surface area contributed by atoms with Gasteiger partial charge in [0.15, 0.2) is 0 Å². The topological polar surface area (TPSA) is 49.2 Å².